The number of hydrogen-bond acceptors (Lipinski definition) is 2. The zero-order chi connectivity index (χ0) is 12.8. The largest absolute Gasteiger partial charge is 0.485 e. The normalized spacial score (nSPS) is 12.4. The molecule has 0 aromatic heterocycles. The van der Waals surface area contributed by atoms with Crippen molar-refractivity contribution in [2.24, 2.45) is 0 Å². The first-order valence-corrected chi connectivity index (χ1v) is 5.82. The number of aliphatic carboxylic acids is 1. The van der Waals surface area contributed by atoms with Crippen LogP contribution in [0.5, 0.6) is 5.75 Å². The molecule has 1 N–H and O–H groups in total. The summed E-state index contributed by atoms with van der Waals surface area (Å²) < 4.78 is 6.35. The Morgan fingerprint density at radius 3 is 2.82 bits per heavy atom. The molecule has 0 heterocycles. The molecule has 1 atom stereocenters. The first-order chi connectivity index (χ1) is 8.02. The van der Waals surface area contributed by atoms with Crippen LogP contribution in [0.2, 0.25) is 0 Å². The zero-order valence-electron chi connectivity index (χ0n) is 9.39. The van der Waals surface area contributed by atoms with E-state index >= 15 is 0 Å². The van der Waals surface area contributed by atoms with E-state index in [0.717, 1.165) is 16.1 Å². The minimum Gasteiger partial charge on any atom is -0.485 e. The van der Waals surface area contributed by atoms with Gasteiger partial charge in [0.25, 0.3) is 0 Å². The molecule has 0 aliphatic rings. The third kappa shape index (κ3) is 4.44. The Bertz CT molecular complexity index is 452. The number of carboxylic acids is 1. The third-order valence-electron chi connectivity index (χ3n) is 2.02. The van der Waals surface area contributed by atoms with Gasteiger partial charge in [0.05, 0.1) is 4.47 Å². The van der Waals surface area contributed by atoms with E-state index < -0.39 is 5.97 Å². The van der Waals surface area contributed by atoms with Crippen molar-refractivity contribution in [3.8, 4) is 5.75 Å². The molecule has 17 heavy (non-hydrogen) atoms. The lowest BCUT2D eigenvalue weighted by Crippen LogP contribution is -2.07. The molecule has 4 heteroatoms. The lowest BCUT2D eigenvalue weighted by molar-refractivity contribution is -0.131. The van der Waals surface area contributed by atoms with Crippen LogP contribution in [0.1, 0.15) is 12.5 Å². The molecular weight excluding hydrogens is 284 g/mol. The number of rotatable bonds is 5. The fourth-order valence-corrected chi connectivity index (χ4v) is 1.62. The van der Waals surface area contributed by atoms with Crippen molar-refractivity contribution in [3.63, 3.8) is 0 Å². The Morgan fingerprint density at radius 1 is 1.59 bits per heavy atom. The summed E-state index contributed by atoms with van der Waals surface area (Å²) in [6.07, 6.45) is 4.24. The monoisotopic (exact) mass is 296 g/mol. The summed E-state index contributed by atoms with van der Waals surface area (Å²) in [5.74, 6) is -0.272. The Labute approximate surface area is 109 Å². The topological polar surface area (TPSA) is 46.5 Å². The Morgan fingerprint density at radius 2 is 2.29 bits per heavy atom. The van der Waals surface area contributed by atoms with Crippen LogP contribution in [0.15, 0.2) is 41.4 Å². The highest BCUT2D eigenvalue weighted by Gasteiger charge is 2.04. The number of carbonyl (C=O) groups is 1. The number of carboxylic acid groups (broad SMARTS) is 1. The van der Waals surface area contributed by atoms with Crippen LogP contribution >= 0.6 is 15.9 Å². The van der Waals surface area contributed by atoms with E-state index in [1.54, 1.807) is 24.3 Å². The van der Waals surface area contributed by atoms with Gasteiger partial charge in [-0.05, 0) is 46.6 Å². The number of benzene rings is 1. The zero-order valence-corrected chi connectivity index (χ0v) is 11.0. The summed E-state index contributed by atoms with van der Waals surface area (Å²) in [4.78, 5) is 10.4. The molecule has 1 rings (SSSR count). The molecule has 0 aliphatic carbocycles. The van der Waals surface area contributed by atoms with Gasteiger partial charge in [-0.1, -0.05) is 18.7 Å². The molecule has 0 spiro atoms. The van der Waals surface area contributed by atoms with Crippen LogP contribution in [0.25, 0.3) is 6.08 Å². The maximum atomic E-state index is 10.4. The molecule has 0 amide bonds. The number of hydrogen-bond donors (Lipinski definition) is 1. The van der Waals surface area contributed by atoms with E-state index in [-0.39, 0.29) is 6.10 Å². The van der Waals surface area contributed by atoms with Crippen LogP contribution in [-0.2, 0) is 4.79 Å². The average Bonchev–Trinajstić information content (AvgIpc) is 2.29. The third-order valence-corrected chi connectivity index (χ3v) is 2.64. The van der Waals surface area contributed by atoms with Crippen molar-refractivity contribution >= 4 is 28.0 Å². The van der Waals surface area contributed by atoms with Gasteiger partial charge in [0.1, 0.15) is 11.9 Å². The van der Waals surface area contributed by atoms with Crippen LogP contribution in [0, 0.1) is 0 Å². The molecular formula is C13H13BrO3. The Hall–Kier alpha value is -1.55. The van der Waals surface area contributed by atoms with Crippen molar-refractivity contribution < 1.29 is 14.6 Å². The van der Waals surface area contributed by atoms with Gasteiger partial charge in [-0.3, -0.25) is 0 Å². The molecule has 3 nitrogen and oxygen atoms in total. The quantitative estimate of drug-likeness (QED) is 0.668. The summed E-state index contributed by atoms with van der Waals surface area (Å²) in [6.45, 7) is 5.52. The van der Waals surface area contributed by atoms with E-state index in [1.807, 2.05) is 6.92 Å². The van der Waals surface area contributed by atoms with E-state index in [2.05, 4.69) is 22.5 Å². The van der Waals surface area contributed by atoms with Crippen LogP contribution in [0.4, 0.5) is 0 Å². The second-order valence-corrected chi connectivity index (χ2v) is 4.27. The Kier molecular flexibility index (Phi) is 4.97. The maximum absolute atomic E-state index is 10.4. The maximum Gasteiger partial charge on any atom is 0.328 e. The van der Waals surface area contributed by atoms with Crippen LogP contribution in [0.3, 0.4) is 0 Å². The van der Waals surface area contributed by atoms with Gasteiger partial charge in [0.15, 0.2) is 0 Å². The van der Waals surface area contributed by atoms with Gasteiger partial charge in [0.2, 0.25) is 0 Å². The summed E-state index contributed by atoms with van der Waals surface area (Å²) in [5, 5.41) is 8.52. The summed E-state index contributed by atoms with van der Waals surface area (Å²) in [7, 11) is 0. The van der Waals surface area contributed by atoms with Gasteiger partial charge >= 0.3 is 5.97 Å². The fourth-order valence-electron chi connectivity index (χ4n) is 1.13. The van der Waals surface area contributed by atoms with Gasteiger partial charge in [0, 0.05) is 6.08 Å². The molecule has 0 bridgehead atoms. The van der Waals surface area contributed by atoms with E-state index in [4.69, 9.17) is 9.84 Å². The highest BCUT2D eigenvalue weighted by atomic mass is 79.9. The molecule has 1 aromatic carbocycles. The standard InChI is InChI=1S/C13H13BrO3/c1-3-9(2)17-12-6-4-10(8-11(12)14)5-7-13(15)16/h3-9H,1H2,2H3,(H,15,16)/b7-5+. The Balaban J connectivity index is 2.86. The lowest BCUT2D eigenvalue weighted by Gasteiger charge is -2.12. The predicted octanol–water partition coefficient (Wildman–Crippen LogP) is 3.50. The van der Waals surface area contributed by atoms with Crippen molar-refractivity contribution in [1.82, 2.24) is 0 Å². The van der Waals surface area contributed by atoms with Crippen molar-refractivity contribution in [2.75, 3.05) is 0 Å². The highest BCUT2D eigenvalue weighted by molar-refractivity contribution is 9.10. The second kappa shape index (κ2) is 6.25. The lowest BCUT2D eigenvalue weighted by atomic mass is 10.2. The van der Waals surface area contributed by atoms with E-state index in [9.17, 15) is 4.79 Å². The highest BCUT2D eigenvalue weighted by Crippen LogP contribution is 2.27. The van der Waals surface area contributed by atoms with E-state index in [1.165, 1.54) is 6.08 Å². The molecule has 1 aromatic rings. The molecule has 1 unspecified atom stereocenters. The summed E-state index contributed by atoms with van der Waals surface area (Å²) in [6, 6.07) is 5.37. The first kappa shape index (κ1) is 13.5. The minimum atomic E-state index is -0.971. The van der Waals surface area contributed by atoms with Crippen molar-refractivity contribution in [3.05, 3.63) is 47.0 Å². The molecule has 0 aliphatic heterocycles. The second-order valence-electron chi connectivity index (χ2n) is 3.42. The molecule has 90 valence electrons. The van der Waals surface area contributed by atoms with Gasteiger partial charge in [-0.2, -0.15) is 0 Å². The molecule has 0 saturated carbocycles. The molecule has 0 radical (unpaired) electrons. The predicted molar refractivity (Wildman–Crippen MR) is 71.1 cm³/mol. The smallest absolute Gasteiger partial charge is 0.328 e. The van der Waals surface area contributed by atoms with Gasteiger partial charge in [-0.25, -0.2) is 4.79 Å². The van der Waals surface area contributed by atoms with Gasteiger partial charge < -0.3 is 9.84 Å². The van der Waals surface area contributed by atoms with Crippen molar-refractivity contribution in [2.45, 2.75) is 13.0 Å². The van der Waals surface area contributed by atoms with E-state index in [0.29, 0.717) is 5.75 Å². The molecule has 0 saturated heterocycles. The first-order valence-electron chi connectivity index (χ1n) is 5.02. The van der Waals surface area contributed by atoms with Crippen molar-refractivity contribution in [1.29, 1.82) is 0 Å². The molecule has 0 fully saturated rings. The van der Waals surface area contributed by atoms with Gasteiger partial charge in [-0.15, -0.1) is 0 Å². The minimum absolute atomic E-state index is 0.0771. The van der Waals surface area contributed by atoms with Crippen LogP contribution in [-0.4, -0.2) is 17.2 Å². The van der Waals surface area contributed by atoms with Crippen LogP contribution < -0.4 is 4.74 Å². The summed E-state index contributed by atoms with van der Waals surface area (Å²) in [5.41, 5.74) is 0.790. The number of ether oxygens (including phenoxy) is 1. The average molecular weight is 297 g/mol. The fraction of sp³-hybridized carbons (Fsp3) is 0.154. The number of halogens is 1. The SMILES string of the molecule is C=CC(C)Oc1ccc(/C=C/C(=O)O)cc1Br. The summed E-state index contributed by atoms with van der Waals surface area (Å²) >= 11 is 3.37.